The van der Waals surface area contributed by atoms with Gasteiger partial charge in [-0.15, -0.1) is 0 Å². The van der Waals surface area contributed by atoms with E-state index in [2.05, 4.69) is 28.8 Å². The van der Waals surface area contributed by atoms with Gasteiger partial charge in [-0.2, -0.15) is 0 Å². The number of aryl methyl sites for hydroxylation is 1. The summed E-state index contributed by atoms with van der Waals surface area (Å²) in [6.45, 7) is 1.25. The van der Waals surface area contributed by atoms with Crippen LogP contribution in [0.25, 0.3) is 0 Å². The molecule has 2 aliphatic rings. The number of carbonyl (C=O) groups is 1. The summed E-state index contributed by atoms with van der Waals surface area (Å²) in [5.74, 6) is 0.855. The number of hydrogen-bond donors (Lipinski definition) is 2. The van der Waals surface area contributed by atoms with Gasteiger partial charge in [-0.25, -0.2) is 0 Å². The van der Waals surface area contributed by atoms with Crippen LogP contribution in [0.1, 0.15) is 36.8 Å². The summed E-state index contributed by atoms with van der Waals surface area (Å²) < 4.78 is 0. The van der Waals surface area contributed by atoms with Crippen LogP contribution in [0.2, 0.25) is 0 Å². The topological polar surface area (TPSA) is 41.1 Å². The Kier molecular flexibility index (Phi) is 3.72. The molecule has 19 heavy (non-hydrogen) atoms. The fourth-order valence-electron chi connectivity index (χ4n) is 2.77. The van der Waals surface area contributed by atoms with E-state index in [1.807, 2.05) is 0 Å². The Labute approximate surface area is 114 Å². The highest BCUT2D eigenvalue weighted by Gasteiger charge is 2.21. The number of hydrogen-bond acceptors (Lipinski definition) is 2. The van der Waals surface area contributed by atoms with Crippen LogP contribution in [0, 0.1) is 5.92 Å². The number of carbonyl (C=O) groups excluding carboxylic acids is 1. The minimum Gasteiger partial charge on any atom is -0.376 e. The van der Waals surface area contributed by atoms with Gasteiger partial charge in [-0.3, -0.25) is 4.79 Å². The highest BCUT2D eigenvalue weighted by molar-refractivity contribution is 5.81. The molecule has 1 aromatic rings. The molecule has 0 atom stereocenters. The third-order valence-electron chi connectivity index (χ3n) is 4.12. The first kappa shape index (κ1) is 12.5. The van der Waals surface area contributed by atoms with Crippen molar-refractivity contribution >= 4 is 11.6 Å². The standard InChI is InChI=1S/C16H22N2O/c19-16(18-10-12-8-9-12)11-17-15-7-3-5-13-4-1-2-6-14(13)15/h3,5,7,12,17H,1-2,4,6,8-11H2,(H,18,19). The summed E-state index contributed by atoms with van der Waals surface area (Å²) in [6, 6.07) is 6.40. The molecule has 102 valence electrons. The molecule has 0 unspecified atom stereocenters. The third-order valence-corrected chi connectivity index (χ3v) is 4.12. The quantitative estimate of drug-likeness (QED) is 0.852. The highest BCUT2D eigenvalue weighted by Crippen LogP contribution is 2.28. The fourth-order valence-corrected chi connectivity index (χ4v) is 2.77. The second-order valence-electron chi connectivity index (χ2n) is 5.75. The van der Waals surface area contributed by atoms with Gasteiger partial charge in [0.1, 0.15) is 0 Å². The van der Waals surface area contributed by atoms with Gasteiger partial charge in [0.05, 0.1) is 6.54 Å². The predicted molar refractivity (Wildman–Crippen MR) is 77.3 cm³/mol. The average Bonchev–Trinajstić information content (AvgIpc) is 3.27. The van der Waals surface area contributed by atoms with Crippen LogP contribution in [0.3, 0.4) is 0 Å². The van der Waals surface area contributed by atoms with E-state index >= 15 is 0 Å². The molecule has 0 heterocycles. The zero-order valence-electron chi connectivity index (χ0n) is 11.4. The molecule has 1 amide bonds. The van der Waals surface area contributed by atoms with E-state index in [-0.39, 0.29) is 5.91 Å². The first-order valence-electron chi connectivity index (χ1n) is 7.44. The zero-order valence-corrected chi connectivity index (χ0v) is 11.4. The van der Waals surface area contributed by atoms with Crippen molar-refractivity contribution in [1.29, 1.82) is 0 Å². The summed E-state index contributed by atoms with van der Waals surface area (Å²) in [5, 5.41) is 6.30. The van der Waals surface area contributed by atoms with E-state index in [9.17, 15) is 4.79 Å². The Morgan fingerprint density at radius 1 is 1.21 bits per heavy atom. The first-order valence-corrected chi connectivity index (χ1v) is 7.44. The third kappa shape index (κ3) is 3.28. The Morgan fingerprint density at radius 2 is 2.05 bits per heavy atom. The Balaban J connectivity index is 1.55. The smallest absolute Gasteiger partial charge is 0.239 e. The number of benzene rings is 1. The molecule has 0 radical (unpaired) electrons. The molecule has 3 rings (SSSR count). The van der Waals surface area contributed by atoms with Gasteiger partial charge in [0.25, 0.3) is 0 Å². The van der Waals surface area contributed by atoms with Crippen molar-refractivity contribution in [1.82, 2.24) is 5.32 Å². The molecule has 2 N–H and O–H groups in total. The van der Waals surface area contributed by atoms with E-state index in [0.29, 0.717) is 6.54 Å². The van der Waals surface area contributed by atoms with Crippen molar-refractivity contribution in [3.8, 4) is 0 Å². The molecule has 3 nitrogen and oxygen atoms in total. The van der Waals surface area contributed by atoms with Crippen molar-refractivity contribution in [2.24, 2.45) is 5.92 Å². The van der Waals surface area contributed by atoms with E-state index in [0.717, 1.165) is 24.6 Å². The Bertz CT molecular complexity index is 466. The molecule has 2 aliphatic carbocycles. The molecular formula is C16H22N2O. The molecule has 3 heteroatoms. The minimum atomic E-state index is 0.111. The molecule has 1 saturated carbocycles. The second-order valence-corrected chi connectivity index (χ2v) is 5.75. The van der Waals surface area contributed by atoms with Gasteiger partial charge >= 0.3 is 0 Å². The largest absolute Gasteiger partial charge is 0.376 e. The maximum absolute atomic E-state index is 11.7. The van der Waals surface area contributed by atoms with E-state index in [1.165, 1.54) is 43.2 Å². The second kappa shape index (κ2) is 5.64. The number of nitrogens with one attached hydrogen (secondary N) is 2. The molecule has 0 bridgehead atoms. The maximum atomic E-state index is 11.7. The predicted octanol–water partition coefficient (Wildman–Crippen LogP) is 2.50. The first-order chi connectivity index (χ1) is 9.33. The van der Waals surface area contributed by atoms with E-state index < -0.39 is 0 Å². The maximum Gasteiger partial charge on any atom is 0.239 e. The fraction of sp³-hybridized carbons (Fsp3) is 0.562. The lowest BCUT2D eigenvalue weighted by molar-refractivity contribution is -0.119. The van der Waals surface area contributed by atoms with Gasteiger partial charge in [0.2, 0.25) is 5.91 Å². The van der Waals surface area contributed by atoms with Gasteiger partial charge in [0, 0.05) is 12.2 Å². The Hall–Kier alpha value is -1.51. The summed E-state index contributed by atoms with van der Waals surface area (Å²) in [7, 11) is 0. The number of amides is 1. The van der Waals surface area contributed by atoms with Crippen LogP contribution in [0.5, 0.6) is 0 Å². The Morgan fingerprint density at radius 3 is 2.89 bits per heavy atom. The van der Waals surface area contributed by atoms with Crippen LogP contribution in [-0.2, 0) is 17.6 Å². The monoisotopic (exact) mass is 258 g/mol. The van der Waals surface area contributed by atoms with E-state index in [4.69, 9.17) is 0 Å². The number of fused-ring (bicyclic) bond motifs is 1. The summed E-state index contributed by atoms with van der Waals surface area (Å²) in [4.78, 5) is 11.7. The summed E-state index contributed by atoms with van der Waals surface area (Å²) in [5.41, 5.74) is 4.03. The van der Waals surface area contributed by atoms with Gasteiger partial charge in [-0.05, 0) is 61.6 Å². The van der Waals surface area contributed by atoms with Crippen LogP contribution in [-0.4, -0.2) is 19.0 Å². The summed E-state index contributed by atoms with van der Waals surface area (Å²) in [6.07, 6.45) is 7.43. The molecule has 1 aromatic carbocycles. The van der Waals surface area contributed by atoms with Crippen molar-refractivity contribution in [3.05, 3.63) is 29.3 Å². The van der Waals surface area contributed by atoms with Crippen molar-refractivity contribution in [2.45, 2.75) is 38.5 Å². The van der Waals surface area contributed by atoms with Crippen LogP contribution >= 0.6 is 0 Å². The van der Waals surface area contributed by atoms with Crippen molar-refractivity contribution < 1.29 is 4.79 Å². The van der Waals surface area contributed by atoms with Crippen LogP contribution < -0.4 is 10.6 Å². The molecule has 0 spiro atoms. The minimum absolute atomic E-state index is 0.111. The molecule has 0 aromatic heterocycles. The molecule has 0 aliphatic heterocycles. The molecule has 1 fully saturated rings. The number of anilines is 1. The van der Waals surface area contributed by atoms with Crippen molar-refractivity contribution in [3.63, 3.8) is 0 Å². The van der Waals surface area contributed by atoms with Gasteiger partial charge in [0.15, 0.2) is 0 Å². The lowest BCUT2D eigenvalue weighted by atomic mass is 9.90. The highest BCUT2D eigenvalue weighted by atomic mass is 16.1. The van der Waals surface area contributed by atoms with Crippen LogP contribution in [0.15, 0.2) is 18.2 Å². The zero-order chi connectivity index (χ0) is 13.1. The van der Waals surface area contributed by atoms with Gasteiger partial charge < -0.3 is 10.6 Å². The lowest BCUT2D eigenvalue weighted by Crippen LogP contribution is -2.31. The van der Waals surface area contributed by atoms with Gasteiger partial charge in [-0.1, -0.05) is 12.1 Å². The van der Waals surface area contributed by atoms with Crippen molar-refractivity contribution in [2.75, 3.05) is 18.4 Å². The van der Waals surface area contributed by atoms with Crippen LogP contribution in [0.4, 0.5) is 5.69 Å². The average molecular weight is 258 g/mol. The molecular weight excluding hydrogens is 236 g/mol. The summed E-state index contributed by atoms with van der Waals surface area (Å²) >= 11 is 0. The van der Waals surface area contributed by atoms with E-state index in [1.54, 1.807) is 0 Å². The molecule has 0 saturated heterocycles. The lowest BCUT2D eigenvalue weighted by Gasteiger charge is -2.20. The SMILES string of the molecule is O=C(CNc1cccc2c1CCCC2)NCC1CC1. The number of rotatable bonds is 5. The normalized spacial score (nSPS) is 17.7.